The monoisotopic (exact) mass is 308 g/mol. The highest BCUT2D eigenvalue weighted by molar-refractivity contribution is 9.10. The summed E-state index contributed by atoms with van der Waals surface area (Å²) in [5.41, 5.74) is 2.01. The number of hydrogen-bond acceptors (Lipinski definition) is 2. The summed E-state index contributed by atoms with van der Waals surface area (Å²) in [7, 11) is 0. The number of hydrogen-bond donors (Lipinski definition) is 0. The van der Waals surface area contributed by atoms with E-state index < -0.39 is 0 Å². The minimum atomic E-state index is -0.0551. The Morgan fingerprint density at radius 1 is 1.33 bits per heavy atom. The van der Waals surface area contributed by atoms with E-state index in [1.54, 1.807) is 5.01 Å². The Bertz CT molecular complexity index is 479. The molecule has 96 valence electrons. The average molecular weight is 309 g/mol. The molecule has 2 rings (SSSR count). The molecule has 3 nitrogen and oxygen atoms in total. The lowest BCUT2D eigenvalue weighted by molar-refractivity contribution is -0.133. The Labute approximate surface area is 116 Å². The quantitative estimate of drug-likeness (QED) is 0.842. The maximum atomic E-state index is 12.2. The summed E-state index contributed by atoms with van der Waals surface area (Å²) in [5.74, 6) is 0.363. The van der Waals surface area contributed by atoms with Crippen molar-refractivity contribution in [3.05, 3.63) is 34.3 Å². The zero-order valence-electron chi connectivity index (χ0n) is 10.9. The van der Waals surface area contributed by atoms with Gasteiger partial charge in [0.25, 0.3) is 5.91 Å². The van der Waals surface area contributed by atoms with Crippen LogP contribution in [0.25, 0.3) is 0 Å². The number of halogens is 1. The molecule has 1 atom stereocenters. The molecule has 1 unspecified atom stereocenters. The van der Waals surface area contributed by atoms with Crippen LogP contribution >= 0.6 is 15.9 Å². The van der Waals surface area contributed by atoms with Gasteiger partial charge in [0, 0.05) is 10.2 Å². The fraction of sp³-hybridized carbons (Fsp3) is 0.429. The molecule has 0 saturated carbocycles. The topological polar surface area (TPSA) is 32.7 Å². The summed E-state index contributed by atoms with van der Waals surface area (Å²) >= 11 is 3.40. The van der Waals surface area contributed by atoms with Gasteiger partial charge in [-0.1, -0.05) is 41.9 Å². The Balaban J connectivity index is 2.12. The third-order valence-corrected chi connectivity index (χ3v) is 3.69. The maximum absolute atomic E-state index is 12.2. The molecular formula is C14H17BrN2O. The first kappa shape index (κ1) is 13.3. The van der Waals surface area contributed by atoms with Crippen molar-refractivity contribution in [2.24, 2.45) is 16.9 Å². The second-order valence-electron chi connectivity index (χ2n) is 4.99. The fourth-order valence-electron chi connectivity index (χ4n) is 2.28. The normalized spacial score (nSPS) is 19.6. The summed E-state index contributed by atoms with van der Waals surface area (Å²) in [5, 5.41) is 5.97. The van der Waals surface area contributed by atoms with Crippen molar-refractivity contribution < 1.29 is 4.79 Å². The van der Waals surface area contributed by atoms with Crippen molar-refractivity contribution in [3.8, 4) is 0 Å². The summed E-state index contributed by atoms with van der Waals surface area (Å²) in [6.07, 6.45) is 0. The lowest BCUT2D eigenvalue weighted by Crippen LogP contribution is -2.30. The van der Waals surface area contributed by atoms with Crippen LogP contribution in [0.1, 0.15) is 26.3 Å². The number of rotatable bonds is 3. The van der Waals surface area contributed by atoms with Gasteiger partial charge in [0.1, 0.15) is 0 Å². The van der Waals surface area contributed by atoms with E-state index in [0.29, 0.717) is 12.5 Å². The zero-order chi connectivity index (χ0) is 13.3. The third kappa shape index (κ3) is 2.64. The van der Waals surface area contributed by atoms with Gasteiger partial charge in [-0.15, -0.1) is 0 Å². The first-order valence-electron chi connectivity index (χ1n) is 6.10. The van der Waals surface area contributed by atoms with Crippen LogP contribution in [-0.2, 0) is 11.3 Å². The number of carbonyl (C=O) groups is 1. The minimum absolute atomic E-state index is 0.0551. The summed E-state index contributed by atoms with van der Waals surface area (Å²) in [4.78, 5) is 12.2. The summed E-state index contributed by atoms with van der Waals surface area (Å²) < 4.78 is 1.04. The highest BCUT2D eigenvalue weighted by Crippen LogP contribution is 2.24. The van der Waals surface area contributed by atoms with Crippen molar-refractivity contribution >= 4 is 27.5 Å². The van der Waals surface area contributed by atoms with Crippen LogP contribution < -0.4 is 0 Å². The summed E-state index contributed by atoms with van der Waals surface area (Å²) in [6, 6.07) is 7.97. The highest BCUT2D eigenvalue weighted by atomic mass is 79.9. The third-order valence-electron chi connectivity index (χ3n) is 3.16. The molecule has 0 aromatic heterocycles. The fourth-order valence-corrected chi connectivity index (χ4v) is 2.55. The van der Waals surface area contributed by atoms with E-state index in [0.717, 1.165) is 15.7 Å². The number of nitrogens with zero attached hydrogens (tertiary/aromatic N) is 2. The van der Waals surface area contributed by atoms with E-state index >= 15 is 0 Å². The van der Waals surface area contributed by atoms with E-state index in [9.17, 15) is 4.79 Å². The van der Waals surface area contributed by atoms with Gasteiger partial charge >= 0.3 is 0 Å². The van der Waals surface area contributed by atoms with Gasteiger partial charge < -0.3 is 0 Å². The predicted molar refractivity (Wildman–Crippen MR) is 76.1 cm³/mol. The molecule has 0 N–H and O–H groups in total. The number of hydrazone groups is 1. The average Bonchev–Trinajstić information content (AvgIpc) is 2.57. The molecule has 1 aromatic carbocycles. The molecule has 1 heterocycles. The van der Waals surface area contributed by atoms with Gasteiger partial charge in [0.15, 0.2) is 0 Å². The van der Waals surface area contributed by atoms with Crippen molar-refractivity contribution in [3.63, 3.8) is 0 Å². The molecule has 18 heavy (non-hydrogen) atoms. The van der Waals surface area contributed by atoms with Crippen LogP contribution in [0.4, 0.5) is 0 Å². The molecule has 0 saturated heterocycles. The summed E-state index contributed by atoms with van der Waals surface area (Å²) in [6.45, 7) is 6.60. The maximum Gasteiger partial charge on any atom is 0.252 e. The second kappa shape index (κ2) is 5.22. The first-order chi connectivity index (χ1) is 8.49. The van der Waals surface area contributed by atoms with Crippen LogP contribution in [0.3, 0.4) is 0 Å². The SMILES string of the molecule is CC1=NN(Cc2ccc(Br)cc2)C(=O)C1C(C)C. The van der Waals surface area contributed by atoms with Crippen molar-refractivity contribution in [1.29, 1.82) is 0 Å². The Morgan fingerprint density at radius 2 is 1.94 bits per heavy atom. The minimum Gasteiger partial charge on any atom is -0.272 e. The Kier molecular flexibility index (Phi) is 3.85. The molecule has 0 spiro atoms. The molecule has 1 amide bonds. The number of carbonyl (C=O) groups excluding carboxylic acids is 1. The molecule has 1 aliphatic heterocycles. The van der Waals surface area contributed by atoms with Crippen LogP contribution in [0.5, 0.6) is 0 Å². The van der Waals surface area contributed by atoms with Crippen molar-refractivity contribution in [2.75, 3.05) is 0 Å². The van der Waals surface area contributed by atoms with E-state index in [-0.39, 0.29) is 11.8 Å². The van der Waals surface area contributed by atoms with E-state index in [2.05, 4.69) is 34.9 Å². The Morgan fingerprint density at radius 3 is 2.44 bits per heavy atom. The molecule has 0 radical (unpaired) electrons. The lowest BCUT2D eigenvalue weighted by atomic mass is 9.92. The van der Waals surface area contributed by atoms with Crippen LogP contribution in [-0.4, -0.2) is 16.6 Å². The van der Waals surface area contributed by atoms with Crippen LogP contribution in [0.15, 0.2) is 33.8 Å². The van der Waals surface area contributed by atoms with Gasteiger partial charge in [-0.3, -0.25) is 4.79 Å². The van der Waals surface area contributed by atoms with Gasteiger partial charge in [-0.2, -0.15) is 5.10 Å². The van der Waals surface area contributed by atoms with Gasteiger partial charge in [-0.25, -0.2) is 5.01 Å². The number of amides is 1. The molecule has 0 fully saturated rings. The Hall–Kier alpha value is -1.16. The highest BCUT2D eigenvalue weighted by Gasteiger charge is 2.35. The zero-order valence-corrected chi connectivity index (χ0v) is 12.4. The molecule has 1 aliphatic rings. The van der Waals surface area contributed by atoms with Gasteiger partial charge in [0.2, 0.25) is 0 Å². The van der Waals surface area contributed by atoms with E-state index in [4.69, 9.17) is 0 Å². The van der Waals surface area contributed by atoms with Gasteiger partial charge in [-0.05, 0) is 30.5 Å². The molecular weight excluding hydrogens is 292 g/mol. The molecule has 0 bridgehead atoms. The first-order valence-corrected chi connectivity index (χ1v) is 6.89. The largest absolute Gasteiger partial charge is 0.272 e. The predicted octanol–water partition coefficient (Wildman–Crippen LogP) is 3.44. The number of benzene rings is 1. The standard InChI is InChI=1S/C14H17BrN2O/c1-9(2)13-10(3)16-17(14(13)18)8-11-4-6-12(15)7-5-11/h4-7,9,13H,8H2,1-3H3. The lowest BCUT2D eigenvalue weighted by Gasteiger charge is -2.16. The smallest absolute Gasteiger partial charge is 0.252 e. The molecule has 0 aliphatic carbocycles. The van der Waals surface area contributed by atoms with E-state index in [1.807, 2.05) is 31.2 Å². The molecule has 1 aromatic rings. The van der Waals surface area contributed by atoms with Crippen molar-refractivity contribution in [2.45, 2.75) is 27.3 Å². The van der Waals surface area contributed by atoms with Gasteiger partial charge in [0.05, 0.1) is 12.5 Å². The van der Waals surface area contributed by atoms with Crippen molar-refractivity contribution in [1.82, 2.24) is 5.01 Å². The molecule has 4 heteroatoms. The van der Waals surface area contributed by atoms with Crippen LogP contribution in [0.2, 0.25) is 0 Å². The van der Waals surface area contributed by atoms with Crippen LogP contribution in [0, 0.1) is 11.8 Å². The van der Waals surface area contributed by atoms with E-state index in [1.165, 1.54) is 0 Å². The second-order valence-corrected chi connectivity index (χ2v) is 5.90.